The monoisotopic (exact) mass is 392 g/mol. The van der Waals surface area contributed by atoms with E-state index in [0.717, 1.165) is 10.9 Å². The Hall–Kier alpha value is -2.35. The van der Waals surface area contributed by atoms with Gasteiger partial charge in [0.15, 0.2) is 16.4 Å². The Morgan fingerprint density at radius 1 is 1.30 bits per heavy atom. The lowest BCUT2D eigenvalue weighted by molar-refractivity contribution is -0.137. The van der Waals surface area contributed by atoms with Gasteiger partial charge in [-0.2, -0.15) is 0 Å². The van der Waals surface area contributed by atoms with Gasteiger partial charge in [-0.1, -0.05) is 32.0 Å². The van der Waals surface area contributed by atoms with Crippen LogP contribution in [0.25, 0.3) is 10.9 Å². The van der Waals surface area contributed by atoms with Gasteiger partial charge in [0, 0.05) is 23.5 Å². The van der Waals surface area contributed by atoms with Crippen LogP contribution in [0.3, 0.4) is 0 Å². The van der Waals surface area contributed by atoms with Gasteiger partial charge in [-0.15, -0.1) is 0 Å². The highest BCUT2D eigenvalue weighted by atomic mass is 32.2. The quantitative estimate of drug-likeness (QED) is 0.759. The summed E-state index contributed by atoms with van der Waals surface area (Å²) in [4.78, 5) is 29.4. The van der Waals surface area contributed by atoms with Crippen LogP contribution in [0.15, 0.2) is 30.3 Å². The Kier molecular flexibility index (Phi) is 5.55. The van der Waals surface area contributed by atoms with Crippen LogP contribution < -0.4 is 0 Å². The number of rotatable bonds is 6. The Morgan fingerprint density at radius 3 is 2.67 bits per heavy atom. The molecule has 0 bridgehead atoms. The summed E-state index contributed by atoms with van der Waals surface area (Å²) in [5, 5.41) is 0.883. The topological polar surface area (TPSA) is 96.5 Å². The summed E-state index contributed by atoms with van der Waals surface area (Å²) in [6.07, 6.45) is 0.427. The van der Waals surface area contributed by atoms with Crippen molar-refractivity contribution in [3.8, 4) is 0 Å². The van der Waals surface area contributed by atoms with E-state index < -0.39 is 22.4 Å². The van der Waals surface area contributed by atoms with Gasteiger partial charge in [0.05, 0.1) is 11.5 Å². The number of sulfone groups is 1. The number of hydrogen-bond acceptors (Lipinski definition) is 5. The predicted octanol–water partition coefficient (Wildman–Crippen LogP) is 2.00. The third-order valence-electron chi connectivity index (χ3n) is 4.61. The number of H-pyrrole nitrogens is 1. The SMILES string of the molecule is CC(C)CN(C(=O)COC(=O)c1cc2ccccc2[nH]1)[C@@H]1CCS(=O)(=O)C1. The lowest BCUT2D eigenvalue weighted by Crippen LogP contribution is -2.45. The van der Waals surface area contributed by atoms with Crippen molar-refractivity contribution in [1.82, 2.24) is 9.88 Å². The molecule has 1 atom stereocenters. The van der Waals surface area contributed by atoms with Crippen LogP contribution in [-0.4, -0.2) is 60.9 Å². The number of amides is 1. The number of aromatic nitrogens is 1. The summed E-state index contributed by atoms with van der Waals surface area (Å²) in [5.74, 6) is -0.726. The van der Waals surface area contributed by atoms with Crippen LogP contribution in [0.2, 0.25) is 0 Å². The van der Waals surface area contributed by atoms with E-state index in [-0.39, 0.29) is 35.1 Å². The van der Waals surface area contributed by atoms with Gasteiger partial charge in [-0.05, 0) is 24.5 Å². The maximum atomic E-state index is 12.6. The number of para-hydroxylation sites is 1. The van der Waals surface area contributed by atoms with Crippen molar-refractivity contribution in [2.45, 2.75) is 26.3 Å². The highest BCUT2D eigenvalue weighted by Crippen LogP contribution is 2.20. The molecule has 1 aliphatic rings. The maximum absolute atomic E-state index is 12.6. The molecule has 0 aliphatic carbocycles. The Labute approximate surface area is 158 Å². The number of carbonyl (C=O) groups is 2. The van der Waals surface area contributed by atoms with Crippen LogP contribution >= 0.6 is 0 Å². The molecule has 1 aliphatic heterocycles. The van der Waals surface area contributed by atoms with Gasteiger partial charge in [0.25, 0.3) is 5.91 Å². The van der Waals surface area contributed by atoms with Crippen LogP contribution in [-0.2, 0) is 19.4 Å². The second-order valence-corrected chi connectivity index (χ2v) is 9.57. The average molecular weight is 392 g/mol. The van der Waals surface area contributed by atoms with Crippen molar-refractivity contribution in [1.29, 1.82) is 0 Å². The summed E-state index contributed by atoms with van der Waals surface area (Å²) < 4.78 is 28.7. The smallest absolute Gasteiger partial charge is 0.355 e. The predicted molar refractivity (Wildman–Crippen MR) is 102 cm³/mol. The second kappa shape index (κ2) is 7.72. The molecule has 1 amide bonds. The number of nitrogens with one attached hydrogen (secondary N) is 1. The molecule has 1 N–H and O–H groups in total. The number of hydrogen-bond donors (Lipinski definition) is 1. The molecule has 1 aromatic heterocycles. The van der Waals surface area contributed by atoms with E-state index in [9.17, 15) is 18.0 Å². The van der Waals surface area contributed by atoms with Crippen molar-refractivity contribution >= 4 is 32.6 Å². The minimum absolute atomic E-state index is 0.0264. The highest BCUT2D eigenvalue weighted by Gasteiger charge is 2.35. The highest BCUT2D eigenvalue weighted by molar-refractivity contribution is 7.91. The minimum Gasteiger partial charge on any atom is -0.451 e. The first kappa shape index (κ1) is 19.4. The molecule has 7 nitrogen and oxygen atoms in total. The van der Waals surface area contributed by atoms with Crippen molar-refractivity contribution in [3.05, 3.63) is 36.0 Å². The van der Waals surface area contributed by atoms with E-state index in [1.807, 2.05) is 38.1 Å². The van der Waals surface area contributed by atoms with Crippen LogP contribution in [0.5, 0.6) is 0 Å². The number of ether oxygens (including phenoxy) is 1. The molecule has 1 saturated heterocycles. The molecule has 146 valence electrons. The van der Waals surface area contributed by atoms with Crippen molar-refractivity contribution < 1.29 is 22.7 Å². The molecule has 0 radical (unpaired) electrons. The number of fused-ring (bicyclic) bond motifs is 1. The molecule has 1 aromatic carbocycles. The van der Waals surface area contributed by atoms with E-state index in [2.05, 4.69) is 4.98 Å². The Morgan fingerprint density at radius 2 is 2.04 bits per heavy atom. The van der Waals surface area contributed by atoms with Gasteiger partial charge in [0.1, 0.15) is 5.69 Å². The molecular weight excluding hydrogens is 368 g/mol. The zero-order valence-corrected chi connectivity index (χ0v) is 16.3. The number of esters is 1. The number of benzene rings is 1. The molecule has 27 heavy (non-hydrogen) atoms. The maximum Gasteiger partial charge on any atom is 0.355 e. The fraction of sp³-hybridized carbons (Fsp3) is 0.474. The fourth-order valence-electron chi connectivity index (χ4n) is 3.34. The number of aromatic amines is 1. The first-order chi connectivity index (χ1) is 12.7. The first-order valence-corrected chi connectivity index (χ1v) is 10.8. The molecular formula is C19H24N2O5S. The van der Waals surface area contributed by atoms with Gasteiger partial charge in [-0.3, -0.25) is 4.79 Å². The van der Waals surface area contributed by atoms with Crippen LogP contribution in [0, 0.1) is 5.92 Å². The van der Waals surface area contributed by atoms with Gasteiger partial charge in [0.2, 0.25) is 0 Å². The fourth-order valence-corrected chi connectivity index (χ4v) is 5.07. The molecule has 2 heterocycles. The number of nitrogens with zero attached hydrogens (tertiary/aromatic N) is 1. The lowest BCUT2D eigenvalue weighted by atomic mass is 10.1. The zero-order valence-electron chi connectivity index (χ0n) is 15.5. The summed E-state index contributed by atoms with van der Waals surface area (Å²) in [6, 6.07) is 8.78. The van der Waals surface area contributed by atoms with E-state index in [1.54, 1.807) is 11.0 Å². The third-order valence-corrected chi connectivity index (χ3v) is 6.36. The molecule has 3 rings (SSSR count). The Bertz CT molecular complexity index is 915. The van der Waals surface area contributed by atoms with E-state index >= 15 is 0 Å². The Balaban J connectivity index is 1.65. The average Bonchev–Trinajstić information content (AvgIpc) is 3.20. The van der Waals surface area contributed by atoms with Crippen molar-refractivity contribution in [2.24, 2.45) is 5.92 Å². The molecule has 2 aromatic rings. The molecule has 0 spiro atoms. The summed E-state index contributed by atoms with van der Waals surface area (Å²) in [7, 11) is -3.11. The van der Waals surface area contributed by atoms with Crippen LogP contribution in [0.1, 0.15) is 30.8 Å². The van der Waals surface area contributed by atoms with Crippen molar-refractivity contribution in [2.75, 3.05) is 24.7 Å². The molecule has 8 heteroatoms. The van der Waals surface area contributed by atoms with Crippen LogP contribution in [0.4, 0.5) is 0 Å². The largest absolute Gasteiger partial charge is 0.451 e. The van der Waals surface area contributed by atoms with E-state index in [4.69, 9.17) is 4.74 Å². The normalized spacial score (nSPS) is 18.7. The first-order valence-electron chi connectivity index (χ1n) is 9.00. The lowest BCUT2D eigenvalue weighted by Gasteiger charge is -2.29. The molecule has 0 unspecified atom stereocenters. The van der Waals surface area contributed by atoms with Gasteiger partial charge >= 0.3 is 5.97 Å². The summed E-state index contributed by atoms with van der Waals surface area (Å²) in [6.45, 7) is 3.95. The standard InChI is InChI=1S/C19H24N2O5S/c1-13(2)10-21(15-7-8-27(24,25)12-15)18(22)11-26-19(23)17-9-14-5-3-4-6-16(14)20-17/h3-6,9,13,15,20H,7-8,10-12H2,1-2H3/t15-/m1/s1. The summed E-state index contributed by atoms with van der Waals surface area (Å²) in [5.41, 5.74) is 1.09. The summed E-state index contributed by atoms with van der Waals surface area (Å²) >= 11 is 0. The number of carbonyl (C=O) groups excluding carboxylic acids is 2. The van der Waals surface area contributed by atoms with E-state index in [1.165, 1.54) is 0 Å². The molecule has 1 fully saturated rings. The third kappa shape index (κ3) is 4.68. The minimum atomic E-state index is -3.11. The molecule has 0 saturated carbocycles. The zero-order chi connectivity index (χ0) is 19.6. The van der Waals surface area contributed by atoms with E-state index in [0.29, 0.717) is 13.0 Å². The second-order valence-electron chi connectivity index (χ2n) is 7.34. The van der Waals surface area contributed by atoms with Gasteiger partial charge < -0.3 is 14.6 Å². The van der Waals surface area contributed by atoms with Crippen molar-refractivity contribution in [3.63, 3.8) is 0 Å². The van der Waals surface area contributed by atoms with Gasteiger partial charge in [-0.25, -0.2) is 13.2 Å².